The number of rotatable bonds is 14. The molecule has 7 rings (SSSR count). The molecular weight excluding hydrogens is 797 g/mol. The average molecular weight is 843 g/mol. The summed E-state index contributed by atoms with van der Waals surface area (Å²) in [6, 6.07) is 38.9. The molecule has 0 spiro atoms. The van der Waals surface area contributed by atoms with E-state index in [0.29, 0.717) is 16.8 Å². The van der Waals surface area contributed by atoms with Gasteiger partial charge < -0.3 is 29.7 Å². The molecule has 2 saturated heterocycles. The predicted octanol–water partition coefficient (Wildman–Crippen LogP) is 6.97. The van der Waals surface area contributed by atoms with E-state index in [0.717, 1.165) is 21.6 Å². The van der Waals surface area contributed by atoms with Gasteiger partial charge in [-0.15, -0.1) is 0 Å². The Kier molecular flexibility index (Phi) is 12.4. The highest BCUT2D eigenvalue weighted by molar-refractivity contribution is 7.94. The van der Waals surface area contributed by atoms with Crippen LogP contribution in [0.3, 0.4) is 0 Å². The van der Waals surface area contributed by atoms with Crippen molar-refractivity contribution in [3.63, 3.8) is 0 Å². The smallest absolute Gasteiger partial charge is 0.408 e. The normalized spacial score (nSPS) is 19.7. The van der Waals surface area contributed by atoms with Crippen LogP contribution >= 0.6 is 0 Å². The Morgan fingerprint density at radius 3 is 1.93 bits per heavy atom. The number of hydrogen-bond donors (Lipinski definition) is 2. The van der Waals surface area contributed by atoms with Gasteiger partial charge in [0.2, 0.25) is 0 Å². The van der Waals surface area contributed by atoms with Crippen molar-refractivity contribution in [3.05, 3.63) is 168 Å². The fraction of sp³-hybridized carbons (Fsp3) is 0.255. The molecule has 0 unspecified atom stereocenters. The maximum atomic E-state index is 14.5. The maximum Gasteiger partial charge on any atom is 0.408 e. The minimum absolute atomic E-state index is 0.0540. The number of ether oxygens (including phenoxy) is 3. The first kappa shape index (κ1) is 42.3. The first-order valence-corrected chi connectivity index (χ1v) is 21.4. The lowest BCUT2D eigenvalue weighted by Gasteiger charge is -2.39. The van der Waals surface area contributed by atoms with Gasteiger partial charge >= 0.3 is 18.2 Å². The second kappa shape index (κ2) is 17.8. The molecular formula is C47H46N4O9S. The van der Waals surface area contributed by atoms with Gasteiger partial charge in [0.1, 0.15) is 17.0 Å². The monoisotopic (exact) mass is 842 g/mol. The van der Waals surface area contributed by atoms with Crippen molar-refractivity contribution in [1.82, 2.24) is 20.5 Å². The van der Waals surface area contributed by atoms with Crippen LogP contribution in [0.1, 0.15) is 55.7 Å². The molecule has 3 atom stereocenters. The van der Waals surface area contributed by atoms with Crippen molar-refractivity contribution in [2.24, 2.45) is 0 Å². The molecule has 2 aliphatic heterocycles. The minimum Gasteiger partial charge on any atom is -0.451 e. The third-order valence-corrected chi connectivity index (χ3v) is 13.6. The number of pyridine rings is 1. The zero-order chi connectivity index (χ0) is 43.2. The van der Waals surface area contributed by atoms with E-state index in [1.807, 2.05) is 66.7 Å². The van der Waals surface area contributed by atoms with Crippen LogP contribution in [0, 0.1) is 0 Å². The number of nitrogens with one attached hydrogen (secondary N) is 2. The van der Waals surface area contributed by atoms with Gasteiger partial charge in [-0.05, 0) is 73.2 Å². The Morgan fingerprint density at radius 2 is 1.34 bits per heavy atom. The molecule has 2 N–H and O–H groups in total. The molecule has 0 radical (unpaired) electrons. The maximum absolute atomic E-state index is 14.5. The van der Waals surface area contributed by atoms with Gasteiger partial charge in [-0.3, -0.25) is 9.78 Å². The van der Waals surface area contributed by atoms with E-state index in [1.54, 1.807) is 80.6 Å². The first-order chi connectivity index (χ1) is 29.3. The van der Waals surface area contributed by atoms with Crippen LogP contribution in [0.4, 0.5) is 9.59 Å². The van der Waals surface area contributed by atoms with Gasteiger partial charge in [0.05, 0.1) is 11.3 Å². The number of hydrogen-bond acceptors (Lipinski definition) is 10. The SMILES string of the molecule is CC(C)(OC(=O)NCCCNC(=O)OC[C@@]1(C)[C@H](C(=O)OC(c2ccccc2)c2ccccc2)N2C(=O)/C(=C/c3ccccn3)[C@H]2S1(=O)=O)c1ccc(-c2ccccc2)cc1. The van der Waals surface area contributed by atoms with Crippen LogP contribution in [-0.4, -0.2) is 78.2 Å². The number of aromatic nitrogens is 1. The summed E-state index contributed by atoms with van der Waals surface area (Å²) in [7, 11) is -4.43. The molecule has 2 fully saturated rings. The van der Waals surface area contributed by atoms with Crippen molar-refractivity contribution in [3.8, 4) is 11.1 Å². The molecule has 0 aliphatic carbocycles. The zero-order valence-electron chi connectivity index (χ0n) is 33.9. The fourth-order valence-corrected chi connectivity index (χ4v) is 9.79. The van der Waals surface area contributed by atoms with Crippen molar-refractivity contribution in [2.75, 3.05) is 19.7 Å². The summed E-state index contributed by atoms with van der Waals surface area (Å²) in [5, 5.41) is 3.74. The van der Waals surface area contributed by atoms with Gasteiger partial charge in [-0.25, -0.2) is 22.8 Å². The Hall–Kier alpha value is -6.80. The standard InChI is InChI=1S/C47H46N4O9S/c1-46(2,36-25-23-33(24-26-36)32-16-7-4-8-17-32)60-45(55)50-29-15-28-49-44(54)58-31-47(3)40(43(53)59-39(34-18-9-5-10-19-34)35-20-11-6-12-21-35)51-41(52)38(42(51)61(47,56)57)30-37-22-13-14-27-48-37/h4-14,16-27,30,39-40,42H,15,28-29,31H2,1-3H3,(H,49,54)(H,50,55)/b38-30-/t40-,42+,47-/m0/s1. The van der Waals surface area contributed by atoms with Crippen LogP contribution in [0.25, 0.3) is 17.2 Å². The molecule has 0 bridgehead atoms. The number of alkyl carbamates (subject to hydrolysis) is 2. The summed E-state index contributed by atoms with van der Waals surface area (Å²) >= 11 is 0. The molecule has 2 aliphatic rings. The van der Waals surface area contributed by atoms with Crippen LogP contribution in [0.5, 0.6) is 0 Å². The van der Waals surface area contributed by atoms with Crippen molar-refractivity contribution < 1.29 is 41.8 Å². The number of nitrogens with zero attached hydrogens (tertiary/aromatic N) is 2. The van der Waals surface area contributed by atoms with Crippen molar-refractivity contribution in [2.45, 2.75) is 55.1 Å². The zero-order valence-corrected chi connectivity index (χ0v) is 34.7. The molecule has 1 aromatic heterocycles. The largest absolute Gasteiger partial charge is 0.451 e. The number of amides is 3. The number of carbonyl (C=O) groups excluding carboxylic acids is 4. The molecule has 5 aromatic rings. The number of sulfone groups is 1. The lowest BCUT2D eigenvalue weighted by atomic mass is 9.94. The molecule has 61 heavy (non-hydrogen) atoms. The summed E-state index contributed by atoms with van der Waals surface area (Å²) in [6.07, 6.45) is 0.641. The lowest BCUT2D eigenvalue weighted by molar-refractivity contribution is -0.161. The van der Waals surface area contributed by atoms with Gasteiger partial charge in [0.15, 0.2) is 27.4 Å². The van der Waals surface area contributed by atoms with Crippen LogP contribution in [0.2, 0.25) is 0 Å². The van der Waals surface area contributed by atoms with Gasteiger partial charge in [0.25, 0.3) is 5.91 Å². The Bertz CT molecular complexity index is 2460. The van der Waals surface area contributed by atoms with E-state index in [4.69, 9.17) is 14.2 Å². The summed E-state index contributed by atoms with van der Waals surface area (Å²) in [4.78, 5) is 59.1. The Morgan fingerprint density at radius 1 is 0.787 bits per heavy atom. The molecule has 314 valence electrons. The topological polar surface area (TPSA) is 170 Å². The highest BCUT2D eigenvalue weighted by atomic mass is 32.2. The van der Waals surface area contributed by atoms with Crippen molar-refractivity contribution >= 4 is 40.0 Å². The third kappa shape index (κ3) is 8.90. The fourth-order valence-electron chi connectivity index (χ4n) is 7.51. The van der Waals surface area contributed by atoms with E-state index in [1.165, 1.54) is 19.2 Å². The van der Waals surface area contributed by atoms with E-state index in [9.17, 15) is 27.6 Å². The highest BCUT2D eigenvalue weighted by Crippen LogP contribution is 2.50. The number of benzene rings is 4. The minimum atomic E-state index is -4.43. The third-order valence-electron chi connectivity index (χ3n) is 10.9. The Balaban J connectivity index is 0.989. The predicted molar refractivity (Wildman–Crippen MR) is 228 cm³/mol. The number of carbonyl (C=O) groups is 4. The number of esters is 1. The first-order valence-electron chi connectivity index (χ1n) is 19.8. The van der Waals surface area contributed by atoms with E-state index >= 15 is 0 Å². The lowest BCUT2D eigenvalue weighted by Crippen LogP contribution is -2.60. The number of fused-ring (bicyclic) bond motifs is 1. The van der Waals surface area contributed by atoms with Crippen LogP contribution in [0.15, 0.2) is 145 Å². The quantitative estimate of drug-likeness (QED) is 0.0392. The highest BCUT2D eigenvalue weighted by Gasteiger charge is 2.73. The number of β-lactam (4-membered cyclic amide) rings is 1. The second-order valence-electron chi connectivity index (χ2n) is 15.4. The van der Waals surface area contributed by atoms with Gasteiger partial charge in [-0.1, -0.05) is 121 Å². The second-order valence-corrected chi connectivity index (χ2v) is 17.9. The summed E-state index contributed by atoms with van der Waals surface area (Å²) in [6.45, 7) is 4.29. The molecule has 3 amide bonds. The van der Waals surface area contributed by atoms with E-state index < -0.39 is 68.4 Å². The van der Waals surface area contributed by atoms with E-state index in [2.05, 4.69) is 15.6 Å². The van der Waals surface area contributed by atoms with Gasteiger partial charge in [0, 0.05) is 19.3 Å². The summed E-state index contributed by atoms with van der Waals surface area (Å²) in [5.74, 6) is -1.66. The summed E-state index contributed by atoms with van der Waals surface area (Å²) in [5.41, 5.74) is 3.54. The molecule has 0 saturated carbocycles. The van der Waals surface area contributed by atoms with Crippen molar-refractivity contribution in [1.29, 1.82) is 0 Å². The molecule has 4 aromatic carbocycles. The molecule has 3 heterocycles. The molecule has 14 heteroatoms. The molecule has 13 nitrogen and oxygen atoms in total. The average Bonchev–Trinajstić information content (AvgIpc) is 3.44. The Labute approximate surface area is 354 Å². The van der Waals surface area contributed by atoms with Crippen LogP contribution in [-0.2, 0) is 39.2 Å². The summed E-state index contributed by atoms with van der Waals surface area (Å²) < 4.78 is 44.2. The van der Waals surface area contributed by atoms with E-state index in [-0.39, 0.29) is 25.1 Å². The van der Waals surface area contributed by atoms with Gasteiger partial charge in [-0.2, -0.15) is 0 Å². The van der Waals surface area contributed by atoms with Crippen LogP contribution < -0.4 is 10.6 Å².